The second-order valence-electron chi connectivity index (χ2n) is 14.4. The number of hydrogen-bond acceptors (Lipinski definition) is 10. The number of rotatable bonds is 12. The van der Waals surface area contributed by atoms with Gasteiger partial charge in [0.25, 0.3) is 0 Å². The van der Waals surface area contributed by atoms with Gasteiger partial charge in [-0.15, -0.1) is 0 Å². The fourth-order valence-electron chi connectivity index (χ4n) is 7.54. The first-order valence-corrected chi connectivity index (χ1v) is 15.5. The monoisotopic (exact) mass is 604 g/mol. The number of methoxy groups -OCH3 is 1. The number of allylic oxidation sites excluding steroid dienone is 2. The number of unbranched alkanes of at least 4 members (excludes halogenated alkanes) is 1. The van der Waals surface area contributed by atoms with Gasteiger partial charge in [0.05, 0.1) is 31.0 Å². The highest BCUT2D eigenvalue weighted by atomic mass is 16.7. The molecule has 11 heteroatoms. The molecule has 0 aromatic carbocycles. The van der Waals surface area contributed by atoms with Crippen molar-refractivity contribution in [1.82, 2.24) is 9.96 Å². The molecule has 1 saturated carbocycles. The number of hydroxylamine groups is 2. The number of imide groups is 1. The SMILES string of the molecule is CCCCOC(=O)C(CC(C)(C)C(=O)OC)ON1C(C)(C)CC(OC(=O)CN2C(=O)[C@@H]3C4C=CC(C4)[C@@H]3C2=O)CC1(C)C. The molecule has 3 fully saturated rings. The maximum Gasteiger partial charge on any atom is 0.337 e. The van der Waals surface area contributed by atoms with Gasteiger partial charge in [0.15, 0.2) is 6.10 Å². The van der Waals surface area contributed by atoms with Crippen molar-refractivity contribution in [2.75, 3.05) is 20.3 Å². The lowest BCUT2D eigenvalue weighted by atomic mass is 9.80. The maximum atomic E-state index is 13.2. The van der Waals surface area contributed by atoms with Crippen molar-refractivity contribution in [3.05, 3.63) is 12.2 Å². The number of esters is 3. The number of carbonyl (C=O) groups is 5. The molecule has 4 aliphatic rings. The number of likely N-dealkylation sites (tertiary alicyclic amines) is 1. The number of piperidine rings is 1. The van der Waals surface area contributed by atoms with Gasteiger partial charge >= 0.3 is 17.9 Å². The molecule has 2 aliphatic carbocycles. The van der Waals surface area contributed by atoms with E-state index in [2.05, 4.69) is 0 Å². The molecule has 2 saturated heterocycles. The summed E-state index contributed by atoms with van der Waals surface area (Å²) in [6, 6.07) is 0. The molecule has 2 bridgehead atoms. The normalized spacial score (nSPS) is 28.6. The van der Waals surface area contributed by atoms with Crippen LogP contribution in [0.1, 0.15) is 87.0 Å². The summed E-state index contributed by atoms with van der Waals surface area (Å²) in [5.41, 5.74) is -2.42. The molecule has 4 rings (SSSR count). The van der Waals surface area contributed by atoms with E-state index in [1.807, 2.05) is 46.8 Å². The zero-order valence-corrected chi connectivity index (χ0v) is 26.8. The topological polar surface area (TPSA) is 129 Å². The zero-order valence-electron chi connectivity index (χ0n) is 26.8. The number of carbonyl (C=O) groups excluding carboxylic acids is 5. The Labute approximate surface area is 254 Å². The van der Waals surface area contributed by atoms with Crippen LogP contribution >= 0.6 is 0 Å². The number of ether oxygens (including phenoxy) is 3. The standard InChI is InChI=1S/C32H48N2O9/c1-9-10-13-41-28(38)22(17-30(2,3)29(39)40-8)43-34-31(4,5)15-21(16-32(34,6)7)42-23(35)18-33-26(36)24-19-11-12-20(14-19)25(24)27(33)37/h11-12,19-22,24-25H,9-10,13-18H2,1-8H3/t19?,20?,22?,24-,25+. The predicted molar refractivity (Wildman–Crippen MR) is 155 cm³/mol. The first-order valence-electron chi connectivity index (χ1n) is 15.5. The molecule has 0 aromatic rings. The first kappa shape index (κ1) is 33.1. The van der Waals surface area contributed by atoms with Crippen LogP contribution in [0, 0.1) is 29.1 Å². The smallest absolute Gasteiger partial charge is 0.337 e. The van der Waals surface area contributed by atoms with Crippen LogP contribution in [0.25, 0.3) is 0 Å². The summed E-state index contributed by atoms with van der Waals surface area (Å²) in [7, 11) is 1.31. The van der Waals surface area contributed by atoms with E-state index in [1.165, 1.54) is 7.11 Å². The van der Waals surface area contributed by atoms with Crippen molar-refractivity contribution < 1.29 is 43.0 Å². The second kappa shape index (κ2) is 12.3. The summed E-state index contributed by atoms with van der Waals surface area (Å²) in [5, 5.41) is 1.75. The number of hydrogen-bond donors (Lipinski definition) is 0. The molecule has 3 unspecified atom stereocenters. The zero-order chi connectivity index (χ0) is 31.9. The number of fused-ring (bicyclic) bond motifs is 5. The van der Waals surface area contributed by atoms with Crippen molar-refractivity contribution in [3.8, 4) is 0 Å². The summed E-state index contributed by atoms with van der Waals surface area (Å²) in [6.45, 7) is 13.0. The Morgan fingerprint density at radius 2 is 1.56 bits per heavy atom. The summed E-state index contributed by atoms with van der Waals surface area (Å²) in [6.07, 6.45) is 5.65. The molecule has 0 N–H and O–H groups in total. The van der Waals surface area contributed by atoms with Gasteiger partial charge in [-0.25, -0.2) is 4.79 Å². The third-order valence-corrected chi connectivity index (χ3v) is 9.37. The van der Waals surface area contributed by atoms with Gasteiger partial charge in [-0.05, 0) is 66.2 Å². The maximum absolute atomic E-state index is 13.2. The average molecular weight is 605 g/mol. The van der Waals surface area contributed by atoms with Gasteiger partial charge in [0.2, 0.25) is 11.8 Å². The van der Waals surface area contributed by atoms with Crippen molar-refractivity contribution in [1.29, 1.82) is 0 Å². The Bertz CT molecular complexity index is 1110. The number of nitrogens with zero attached hydrogens (tertiary/aromatic N) is 2. The Kier molecular flexibility index (Phi) is 9.47. The lowest BCUT2D eigenvalue weighted by molar-refractivity contribution is -0.315. The van der Waals surface area contributed by atoms with Crippen molar-refractivity contribution in [2.24, 2.45) is 29.1 Å². The minimum atomic E-state index is -1.07. The van der Waals surface area contributed by atoms with Gasteiger partial charge in [-0.3, -0.25) is 28.9 Å². The largest absolute Gasteiger partial charge is 0.469 e. The first-order chi connectivity index (χ1) is 20.0. The highest BCUT2D eigenvalue weighted by Gasteiger charge is 2.59. The Balaban J connectivity index is 1.42. The van der Waals surface area contributed by atoms with Crippen LogP contribution in [0.3, 0.4) is 0 Å². The highest BCUT2D eigenvalue weighted by Crippen LogP contribution is 2.52. The molecule has 0 radical (unpaired) electrons. The van der Waals surface area contributed by atoms with E-state index in [0.29, 0.717) is 19.3 Å². The fourth-order valence-corrected chi connectivity index (χ4v) is 7.54. The van der Waals surface area contributed by atoms with Crippen LogP contribution in [-0.2, 0) is 43.0 Å². The minimum Gasteiger partial charge on any atom is -0.469 e. The highest BCUT2D eigenvalue weighted by molar-refractivity contribution is 6.08. The van der Waals surface area contributed by atoms with Gasteiger partial charge in [-0.2, -0.15) is 5.06 Å². The molecular formula is C32H48N2O9. The summed E-state index contributed by atoms with van der Waals surface area (Å²) >= 11 is 0. The average Bonchev–Trinajstić information content (AvgIpc) is 3.59. The Hall–Kier alpha value is -2.79. The molecule has 2 amide bonds. The molecule has 0 spiro atoms. The third-order valence-electron chi connectivity index (χ3n) is 9.37. The van der Waals surface area contributed by atoms with E-state index in [0.717, 1.165) is 17.7 Å². The summed E-state index contributed by atoms with van der Waals surface area (Å²) < 4.78 is 16.3. The van der Waals surface area contributed by atoms with Crippen molar-refractivity contribution in [3.63, 3.8) is 0 Å². The Morgan fingerprint density at radius 3 is 2.07 bits per heavy atom. The molecule has 0 aromatic heterocycles. The van der Waals surface area contributed by atoms with E-state index < -0.39 is 53.2 Å². The van der Waals surface area contributed by atoms with E-state index in [4.69, 9.17) is 19.0 Å². The van der Waals surface area contributed by atoms with Crippen LogP contribution < -0.4 is 0 Å². The van der Waals surface area contributed by atoms with Crippen LogP contribution in [-0.4, -0.2) is 83.2 Å². The fraction of sp³-hybridized carbons (Fsp3) is 0.781. The summed E-state index contributed by atoms with van der Waals surface area (Å²) in [4.78, 5) is 72.3. The quantitative estimate of drug-likeness (QED) is 0.107. The van der Waals surface area contributed by atoms with E-state index in [1.54, 1.807) is 18.9 Å². The van der Waals surface area contributed by atoms with Gasteiger partial charge in [-0.1, -0.05) is 25.5 Å². The van der Waals surface area contributed by atoms with Gasteiger partial charge < -0.3 is 14.2 Å². The summed E-state index contributed by atoms with van der Waals surface area (Å²) in [5.74, 6) is -2.77. The van der Waals surface area contributed by atoms with Crippen LogP contribution in [0.5, 0.6) is 0 Å². The lowest BCUT2D eigenvalue weighted by Gasteiger charge is -2.54. The van der Waals surface area contributed by atoms with Gasteiger partial charge in [0.1, 0.15) is 12.6 Å². The van der Waals surface area contributed by atoms with Crippen LogP contribution in [0.2, 0.25) is 0 Å². The Morgan fingerprint density at radius 1 is 1.00 bits per heavy atom. The van der Waals surface area contributed by atoms with Crippen molar-refractivity contribution >= 4 is 29.7 Å². The van der Waals surface area contributed by atoms with Crippen molar-refractivity contribution in [2.45, 2.75) is 110 Å². The van der Waals surface area contributed by atoms with E-state index in [9.17, 15) is 24.0 Å². The molecular weight excluding hydrogens is 556 g/mol. The second-order valence-corrected chi connectivity index (χ2v) is 14.4. The molecule has 11 nitrogen and oxygen atoms in total. The van der Waals surface area contributed by atoms with Crippen LogP contribution in [0.15, 0.2) is 12.2 Å². The molecule has 43 heavy (non-hydrogen) atoms. The lowest BCUT2D eigenvalue weighted by Crippen LogP contribution is -2.63. The minimum absolute atomic E-state index is 0.0445. The molecule has 2 heterocycles. The van der Waals surface area contributed by atoms with E-state index in [-0.39, 0.29) is 48.5 Å². The third kappa shape index (κ3) is 6.67. The molecule has 2 aliphatic heterocycles. The van der Waals surface area contributed by atoms with E-state index >= 15 is 0 Å². The predicted octanol–water partition coefficient (Wildman–Crippen LogP) is 3.59. The molecule has 240 valence electrons. The molecule has 5 atom stereocenters. The number of amides is 2. The van der Waals surface area contributed by atoms with Gasteiger partial charge in [0, 0.05) is 30.3 Å². The van der Waals surface area contributed by atoms with Crippen LogP contribution in [0.4, 0.5) is 0 Å².